The van der Waals surface area contributed by atoms with Gasteiger partial charge in [0.15, 0.2) is 0 Å². The molecule has 0 aliphatic rings. The molecule has 5 heavy (non-hydrogen) atoms. The zero-order valence-electron chi connectivity index (χ0n) is 3.30. The zero-order valence-corrected chi connectivity index (χ0v) is 8.23. The predicted molar refractivity (Wildman–Crippen MR) is 25.5 cm³/mol. The summed E-state index contributed by atoms with van der Waals surface area (Å²) in [6.07, 6.45) is 0. The average Bonchev–Trinajstić information content (AvgIpc) is 0.918. The molecule has 0 bridgehead atoms. The van der Waals surface area contributed by atoms with Crippen LogP contribution in [0, 0.1) is 0 Å². The van der Waals surface area contributed by atoms with Crippen LogP contribution < -0.4 is 0 Å². The number of halogens is 1. The third-order valence-corrected chi connectivity index (χ3v) is 0. The van der Waals surface area contributed by atoms with Gasteiger partial charge in [-0.05, 0) is 0 Å². The van der Waals surface area contributed by atoms with Gasteiger partial charge in [-0.3, -0.25) is 0 Å². The Kier molecular flexibility index (Phi) is 62.5. The second kappa shape index (κ2) is 19.0. The van der Waals surface area contributed by atoms with E-state index in [9.17, 15) is 0 Å². The van der Waals surface area contributed by atoms with Crippen LogP contribution in [0.2, 0.25) is 0 Å². The van der Waals surface area contributed by atoms with Crippen molar-refractivity contribution in [3.63, 3.8) is 0 Å². The molecule has 33 valence electrons. The second-order valence-corrected chi connectivity index (χ2v) is 0.447. The monoisotopic (exact) mass is 305 g/mol. The van der Waals surface area contributed by atoms with Crippen molar-refractivity contribution in [1.29, 1.82) is 0 Å². The van der Waals surface area contributed by atoms with Gasteiger partial charge in [-0.15, -0.1) is 17.0 Å². The molecular formula is C2H7BrNTa-. The van der Waals surface area contributed by atoms with Crippen molar-refractivity contribution in [2.24, 2.45) is 0 Å². The Bertz CT molecular complexity index is 9.61. The third-order valence-electron chi connectivity index (χ3n) is 0. The average molecular weight is 306 g/mol. The minimum Gasteiger partial charge on any atom is -0.668 e. The van der Waals surface area contributed by atoms with Crippen molar-refractivity contribution in [3.05, 3.63) is 5.32 Å². The van der Waals surface area contributed by atoms with Crippen molar-refractivity contribution >= 4 is 17.0 Å². The first-order valence-corrected chi connectivity index (χ1v) is 0.894. The minimum atomic E-state index is 0. The van der Waals surface area contributed by atoms with Gasteiger partial charge in [-0.1, -0.05) is 0 Å². The Morgan fingerprint density at radius 2 is 1.20 bits per heavy atom. The summed E-state index contributed by atoms with van der Waals surface area (Å²) in [4.78, 5) is 0. The largest absolute Gasteiger partial charge is 0.668 e. The maximum Gasteiger partial charge on any atom is 0 e. The van der Waals surface area contributed by atoms with Gasteiger partial charge in [0.25, 0.3) is 0 Å². The van der Waals surface area contributed by atoms with Gasteiger partial charge in [-0.25, -0.2) is 0 Å². The van der Waals surface area contributed by atoms with E-state index in [1.807, 2.05) is 0 Å². The number of hydrogen-bond donors (Lipinski definition) is 0. The fraction of sp³-hybridized carbons (Fsp3) is 1.00. The Morgan fingerprint density at radius 3 is 1.20 bits per heavy atom. The molecule has 0 aromatic rings. The first-order valence-electron chi connectivity index (χ1n) is 0.894. The molecular weight excluding hydrogens is 299 g/mol. The summed E-state index contributed by atoms with van der Waals surface area (Å²) in [6, 6.07) is 0. The van der Waals surface area contributed by atoms with E-state index in [-0.39, 0.29) is 39.4 Å². The summed E-state index contributed by atoms with van der Waals surface area (Å²) < 4.78 is 0. The van der Waals surface area contributed by atoms with Crippen molar-refractivity contribution in [2.45, 2.75) is 0 Å². The van der Waals surface area contributed by atoms with Crippen molar-refractivity contribution in [1.82, 2.24) is 0 Å². The predicted octanol–water partition coefficient (Wildman–Crippen LogP) is 1.20. The smallest absolute Gasteiger partial charge is 0 e. The van der Waals surface area contributed by atoms with Crippen LogP contribution >= 0.6 is 17.0 Å². The van der Waals surface area contributed by atoms with Crippen molar-refractivity contribution in [3.8, 4) is 0 Å². The number of hydrogen-bond acceptors (Lipinski definition) is 0. The molecule has 0 rings (SSSR count). The van der Waals surface area contributed by atoms with E-state index in [0.717, 1.165) is 0 Å². The molecule has 0 unspecified atom stereocenters. The molecule has 1 nitrogen and oxygen atoms in total. The van der Waals surface area contributed by atoms with Crippen molar-refractivity contribution < 1.29 is 22.4 Å². The molecule has 1 radical (unpaired) electrons. The molecule has 0 heterocycles. The summed E-state index contributed by atoms with van der Waals surface area (Å²) in [5.74, 6) is 0. The van der Waals surface area contributed by atoms with Crippen LogP contribution in [0.15, 0.2) is 0 Å². The van der Waals surface area contributed by atoms with E-state index >= 15 is 0 Å². The van der Waals surface area contributed by atoms with Gasteiger partial charge in [-0.2, -0.15) is 14.1 Å². The van der Waals surface area contributed by atoms with E-state index in [0.29, 0.717) is 0 Å². The molecule has 0 N–H and O–H groups in total. The molecule has 0 saturated carbocycles. The summed E-state index contributed by atoms with van der Waals surface area (Å²) in [7, 11) is 3.50. The topological polar surface area (TPSA) is 14.1 Å². The van der Waals surface area contributed by atoms with Gasteiger partial charge in [0, 0.05) is 22.4 Å². The van der Waals surface area contributed by atoms with Crippen LogP contribution in [0.1, 0.15) is 0 Å². The first-order chi connectivity index (χ1) is 1.41. The van der Waals surface area contributed by atoms with Crippen LogP contribution in [0.4, 0.5) is 0 Å². The van der Waals surface area contributed by atoms with Crippen LogP contribution in [0.25, 0.3) is 5.32 Å². The SMILES string of the molecule is Br.C[N-]C.[Ta]. The molecule has 0 aliphatic heterocycles. The van der Waals surface area contributed by atoms with E-state index in [1.165, 1.54) is 0 Å². The van der Waals surface area contributed by atoms with Gasteiger partial charge in [0.2, 0.25) is 0 Å². The molecule has 0 atom stereocenters. The molecule has 0 spiro atoms. The Morgan fingerprint density at radius 1 is 1.20 bits per heavy atom. The minimum absolute atomic E-state index is 0. The van der Waals surface area contributed by atoms with E-state index in [4.69, 9.17) is 0 Å². The molecule has 3 heteroatoms. The second-order valence-electron chi connectivity index (χ2n) is 0.447. The molecule has 0 fully saturated rings. The number of rotatable bonds is 0. The summed E-state index contributed by atoms with van der Waals surface area (Å²) >= 11 is 0. The Labute approximate surface area is 58.8 Å². The maximum atomic E-state index is 3.50. The molecule has 0 aliphatic carbocycles. The molecule has 0 aromatic carbocycles. The van der Waals surface area contributed by atoms with Gasteiger partial charge in [0.05, 0.1) is 0 Å². The molecule has 0 amide bonds. The fourth-order valence-corrected chi connectivity index (χ4v) is 0. The summed E-state index contributed by atoms with van der Waals surface area (Å²) in [5, 5.41) is 3.50. The summed E-state index contributed by atoms with van der Waals surface area (Å²) in [5.41, 5.74) is 0. The normalized spacial score (nSPS) is 3.60. The molecule has 0 saturated heterocycles. The van der Waals surface area contributed by atoms with E-state index in [1.54, 1.807) is 14.1 Å². The third kappa shape index (κ3) is 37.6. The maximum absolute atomic E-state index is 3.50. The van der Waals surface area contributed by atoms with Crippen LogP contribution in [-0.2, 0) is 22.4 Å². The van der Waals surface area contributed by atoms with Gasteiger partial charge in [0.1, 0.15) is 0 Å². The quantitative estimate of drug-likeness (QED) is 0.638. The van der Waals surface area contributed by atoms with Crippen LogP contribution in [-0.4, -0.2) is 14.1 Å². The Hall–Kier alpha value is 1.18. The fourth-order valence-electron chi connectivity index (χ4n) is 0. The number of nitrogens with zero attached hydrogens (tertiary/aromatic N) is 1. The van der Waals surface area contributed by atoms with Crippen molar-refractivity contribution in [2.75, 3.05) is 14.1 Å². The Balaban J connectivity index is -0.0000000200. The van der Waals surface area contributed by atoms with Crippen LogP contribution in [0.3, 0.4) is 0 Å². The van der Waals surface area contributed by atoms with Gasteiger partial charge < -0.3 is 5.32 Å². The molecule has 0 aromatic heterocycles. The van der Waals surface area contributed by atoms with E-state index in [2.05, 4.69) is 5.32 Å². The van der Waals surface area contributed by atoms with E-state index < -0.39 is 0 Å². The van der Waals surface area contributed by atoms with Gasteiger partial charge >= 0.3 is 0 Å². The first kappa shape index (κ1) is 16.4. The zero-order chi connectivity index (χ0) is 2.71. The summed E-state index contributed by atoms with van der Waals surface area (Å²) in [6.45, 7) is 0. The standard InChI is InChI=1S/C2H6N.BrH.Ta/c1-3-2;;/h1-2H3;1H;/q-1;;. The van der Waals surface area contributed by atoms with Crippen LogP contribution in [0.5, 0.6) is 0 Å².